The summed E-state index contributed by atoms with van der Waals surface area (Å²) in [5.74, 6) is -0.244. The van der Waals surface area contributed by atoms with Gasteiger partial charge in [-0.3, -0.25) is 4.79 Å². The number of carbonyl (C=O) groups excluding carboxylic acids is 1. The third-order valence-corrected chi connectivity index (χ3v) is 15.9. The van der Waals surface area contributed by atoms with Gasteiger partial charge in [0.05, 0.1) is 32.0 Å². The van der Waals surface area contributed by atoms with Crippen LogP contribution in [0.2, 0.25) is 0 Å². The standard InChI is InChI=1S/C63H119NO13/c1-3-5-7-9-11-13-15-17-19-20-21-22-23-24-25-26-27-28-29-30-31-32-33-35-37-39-41-43-45-47-55(68)64-51(52(67)46-44-42-40-38-36-34-18-16-14-12-10-8-6-4-2)50-74-62-60(73)58(71)61(54(49-66)76-62)77-63-59(72)57(70)56(69)53(48-65)75-63/h36,38,44,46,51-54,56-63,65-67,69-73H,3-35,37,39-43,45,47-50H2,1-2H3,(H,64,68)/b38-36+,46-44+. The molecule has 2 saturated heterocycles. The third kappa shape index (κ3) is 34.5. The van der Waals surface area contributed by atoms with Gasteiger partial charge in [0.15, 0.2) is 12.6 Å². The van der Waals surface area contributed by atoms with Crippen LogP contribution in [0.5, 0.6) is 0 Å². The SMILES string of the molecule is CCCCCCCCCC/C=C/CC/C=C/C(O)C(COC1OC(CO)C(OC2OC(CO)C(O)C(O)C2O)C(O)C1O)NC(=O)CCCCCCCCCCCCCCCCCCCCCCCCCCCCCCC. The van der Waals surface area contributed by atoms with Crippen LogP contribution in [0, 0.1) is 0 Å². The summed E-state index contributed by atoms with van der Waals surface area (Å²) in [6.07, 6.45) is 42.4. The van der Waals surface area contributed by atoms with Crippen LogP contribution in [0.4, 0.5) is 0 Å². The van der Waals surface area contributed by atoms with E-state index in [1.165, 1.54) is 212 Å². The first-order valence-electron chi connectivity index (χ1n) is 32.1. The summed E-state index contributed by atoms with van der Waals surface area (Å²) in [6.45, 7) is 2.80. The molecule has 0 radical (unpaired) electrons. The van der Waals surface area contributed by atoms with Crippen molar-refractivity contribution in [2.75, 3.05) is 19.8 Å². The van der Waals surface area contributed by atoms with Crippen LogP contribution < -0.4 is 5.32 Å². The van der Waals surface area contributed by atoms with Crippen LogP contribution in [0.3, 0.4) is 0 Å². The first kappa shape index (κ1) is 71.6. The highest BCUT2D eigenvalue weighted by molar-refractivity contribution is 5.76. The molecule has 0 spiro atoms. The Labute approximate surface area is 468 Å². The Morgan fingerprint density at radius 1 is 0.455 bits per heavy atom. The van der Waals surface area contributed by atoms with E-state index < -0.39 is 86.8 Å². The minimum absolute atomic E-state index is 0.244. The maximum absolute atomic E-state index is 13.3. The zero-order chi connectivity index (χ0) is 56.0. The fraction of sp³-hybridized carbons (Fsp3) is 0.921. The molecule has 2 fully saturated rings. The second kappa shape index (κ2) is 49.1. The molecule has 77 heavy (non-hydrogen) atoms. The first-order valence-corrected chi connectivity index (χ1v) is 32.1. The topological polar surface area (TPSA) is 228 Å². The Morgan fingerprint density at radius 3 is 1.27 bits per heavy atom. The summed E-state index contributed by atoms with van der Waals surface area (Å²) in [4.78, 5) is 13.3. The molecule has 14 nitrogen and oxygen atoms in total. The lowest BCUT2D eigenvalue weighted by Crippen LogP contribution is -2.65. The number of carbonyl (C=O) groups is 1. The van der Waals surface area contributed by atoms with Gasteiger partial charge in [0, 0.05) is 6.42 Å². The fourth-order valence-electron chi connectivity index (χ4n) is 10.7. The van der Waals surface area contributed by atoms with Gasteiger partial charge in [-0.1, -0.05) is 263 Å². The molecule has 2 rings (SSSR count). The zero-order valence-electron chi connectivity index (χ0n) is 49.0. The lowest BCUT2D eigenvalue weighted by molar-refractivity contribution is -0.359. The van der Waals surface area contributed by atoms with E-state index in [1.54, 1.807) is 6.08 Å². The summed E-state index contributed by atoms with van der Waals surface area (Å²) < 4.78 is 22.8. The maximum atomic E-state index is 13.3. The highest BCUT2D eigenvalue weighted by Crippen LogP contribution is 2.30. The van der Waals surface area contributed by atoms with E-state index >= 15 is 0 Å². The second-order valence-corrected chi connectivity index (χ2v) is 22.9. The largest absolute Gasteiger partial charge is 0.394 e. The Hall–Kier alpha value is -1.53. The third-order valence-electron chi connectivity index (χ3n) is 15.9. The molecule has 12 unspecified atom stereocenters. The molecule has 2 aliphatic rings. The van der Waals surface area contributed by atoms with Gasteiger partial charge in [0.1, 0.15) is 48.8 Å². The van der Waals surface area contributed by atoms with E-state index in [9.17, 15) is 45.6 Å². The molecule has 2 heterocycles. The molecule has 9 N–H and O–H groups in total. The highest BCUT2D eigenvalue weighted by atomic mass is 16.7. The quantitative estimate of drug-likeness (QED) is 0.0204. The predicted molar refractivity (Wildman–Crippen MR) is 309 cm³/mol. The number of aliphatic hydroxyl groups excluding tert-OH is 8. The zero-order valence-corrected chi connectivity index (χ0v) is 49.0. The van der Waals surface area contributed by atoms with Crippen LogP contribution in [-0.2, 0) is 23.7 Å². The molecule has 0 aromatic carbocycles. The van der Waals surface area contributed by atoms with Gasteiger partial charge in [-0.05, 0) is 32.1 Å². The Balaban J connectivity index is 1.67. The molecule has 454 valence electrons. The van der Waals surface area contributed by atoms with Crippen molar-refractivity contribution in [2.45, 2.75) is 351 Å². The van der Waals surface area contributed by atoms with Crippen LogP contribution in [0.1, 0.15) is 277 Å². The average molecular weight is 1100 g/mol. The molecule has 14 heteroatoms. The van der Waals surface area contributed by atoms with Gasteiger partial charge in [-0.25, -0.2) is 0 Å². The van der Waals surface area contributed by atoms with E-state index in [1.807, 2.05) is 6.08 Å². The van der Waals surface area contributed by atoms with E-state index in [4.69, 9.17) is 18.9 Å². The van der Waals surface area contributed by atoms with Crippen molar-refractivity contribution in [1.29, 1.82) is 0 Å². The monoisotopic (exact) mass is 1100 g/mol. The Kier molecular flexibility index (Phi) is 45.7. The Bertz CT molecular complexity index is 1390. The lowest BCUT2D eigenvalue weighted by Gasteiger charge is -2.46. The van der Waals surface area contributed by atoms with Gasteiger partial charge in [0.25, 0.3) is 0 Å². The summed E-state index contributed by atoms with van der Waals surface area (Å²) in [6, 6.07) is -0.927. The normalized spacial score (nSPS) is 24.8. The molecule has 12 atom stereocenters. The number of amides is 1. The number of hydrogen-bond acceptors (Lipinski definition) is 13. The number of hydrogen-bond donors (Lipinski definition) is 9. The number of rotatable bonds is 52. The summed E-state index contributed by atoms with van der Waals surface area (Å²) in [5.41, 5.74) is 0. The molecule has 0 aliphatic carbocycles. The van der Waals surface area contributed by atoms with Crippen molar-refractivity contribution in [3.05, 3.63) is 24.3 Å². The maximum Gasteiger partial charge on any atom is 0.220 e. The van der Waals surface area contributed by atoms with Crippen molar-refractivity contribution < 1.29 is 64.6 Å². The highest BCUT2D eigenvalue weighted by Gasteiger charge is 2.51. The fourth-order valence-corrected chi connectivity index (χ4v) is 10.7. The molecule has 0 aromatic heterocycles. The molecule has 0 saturated carbocycles. The van der Waals surface area contributed by atoms with Crippen LogP contribution in [0.25, 0.3) is 0 Å². The average Bonchev–Trinajstić information content (AvgIpc) is 3.44. The Morgan fingerprint density at radius 2 is 0.831 bits per heavy atom. The molecular weight excluding hydrogens is 979 g/mol. The number of allylic oxidation sites excluding steroid dienone is 3. The molecular formula is C63H119NO13. The van der Waals surface area contributed by atoms with Crippen LogP contribution in [0.15, 0.2) is 24.3 Å². The van der Waals surface area contributed by atoms with Crippen molar-refractivity contribution in [3.8, 4) is 0 Å². The van der Waals surface area contributed by atoms with Crippen molar-refractivity contribution in [1.82, 2.24) is 5.32 Å². The minimum Gasteiger partial charge on any atom is -0.394 e. The number of unbranched alkanes of at least 4 members (excludes halogenated alkanes) is 37. The van der Waals surface area contributed by atoms with Gasteiger partial charge < -0.3 is 65.1 Å². The van der Waals surface area contributed by atoms with E-state index in [0.717, 1.165) is 32.1 Å². The number of aliphatic hydroxyl groups is 8. The van der Waals surface area contributed by atoms with E-state index in [2.05, 4.69) is 31.3 Å². The second-order valence-electron chi connectivity index (χ2n) is 22.9. The van der Waals surface area contributed by atoms with Crippen molar-refractivity contribution in [3.63, 3.8) is 0 Å². The predicted octanol–water partition coefficient (Wildman–Crippen LogP) is 11.6. The van der Waals surface area contributed by atoms with E-state index in [-0.39, 0.29) is 18.9 Å². The summed E-state index contributed by atoms with van der Waals surface area (Å²) >= 11 is 0. The van der Waals surface area contributed by atoms with Crippen molar-refractivity contribution in [2.24, 2.45) is 0 Å². The lowest BCUT2D eigenvalue weighted by atomic mass is 9.97. The molecule has 1 amide bonds. The van der Waals surface area contributed by atoms with Gasteiger partial charge in [-0.2, -0.15) is 0 Å². The van der Waals surface area contributed by atoms with Gasteiger partial charge in [0.2, 0.25) is 5.91 Å². The smallest absolute Gasteiger partial charge is 0.220 e. The molecule has 2 aliphatic heterocycles. The molecule has 0 aromatic rings. The first-order chi connectivity index (χ1) is 37.6. The van der Waals surface area contributed by atoms with E-state index in [0.29, 0.717) is 12.8 Å². The number of ether oxygens (including phenoxy) is 4. The molecule has 0 bridgehead atoms. The van der Waals surface area contributed by atoms with Crippen LogP contribution in [-0.4, -0.2) is 140 Å². The summed E-state index contributed by atoms with van der Waals surface area (Å²) in [5, 5.41) is 87.1. The summed E-state index contributed by atoms with van der Waals surface area (Å²) in [7, 11) is 0. The number of nitrogens with one attached hydrogen (secondary N) is 1. The van der Waals surface area contributed by atoms with Gasteiger partial charge >= 0.3 is 0 Å². The van der Waals surface area contributed by atoms with Crippen LogP contribution >= 0.6 is 0 Å². The van der Waals surface area contributed by atoms with Gasteiger partial charge in [-0.15, -0.1) is 0 Å². The van der Waals surface area contributed by atoms with Crippen molar-refractivity contribution >= 4 is 5.91 Å². The minimum atomic E-state index is -1.79.